The zero-order chi connectivity index (χ0) is 21.9. The molecule has 2 heterocycles. The molecule has 0 saturated heterocycles. The van der Waals surface area contributed by atoms with Crippen molar-refractivity contribution in [3.05, 3.63) is 71.8 Å². The molecule has 11 heteroatoms. The van der Waals surface area contributed by atoms with Crippen LogP contribution in [0.1, 0.15) is 27.6 Å². The number of carboxylic acid groups (broad SMARTS) is 1. The summed E-state index contributed by atoms with van der Waals surface area (Å²) in [4.78, 5) is 21.5. The summed E-state index contributed by atoms with van der Waals surface area (Å²) in [5.41, 5.74) is 1.20. The molecule has 10 nitrogen and oxygen atoms in total. The van der Waals surface area contributed by atoms with Crippen molar-refractivity contribution in [3.8, 4) is 0 Å². The van der Waals surface area contributed by atoms with E-state index in [1.54, 1.807) is 30.5 Å². The number of rotatable bonds is 9. The highest BCUT2D eigenvalue weighted by atomic mass is 32.2. The van der Waals surface area contributed by atoms with Gasteiger partial charge < -0.3 is 9.67 Å². The predicted octanol–water partition coefficient (Wildman–Crippen LogP) is 1.11. The van der Waals surface area contributed by atoms with Crippen LogP contribution in [0.15, 0.2) is 49.1 Å². The molecule has 3 aromatic rings. The van der Waals surface area contributed by atoms with Crippen LogP contribution in [0.25, 0.3) is 0 Å². The van der Waals surface area contributed by atoms with Gasteiger partial charge in [0.25, 0.3) is 0 Å². The number of hydrogen-bond acceptors (Lipinski definition) is 6. The standard InChI is InChI=1S/C19H24N6O4S/c1-22(2)30(28,29)25-11-9-21-18(25)14-23(3)13-17-20-8-10-24(17)12-15-4-6-16(7-5-15)19(26)27/h4-11H,12-14H2,1-3H3,(H,26,27). The summed E-state index contributed by atoms with van der Waals surface area (Å²) in [7, 11) is 1.18. The van der Waals surface area contributed by atoms with Gasteiger partial charge in [-0.05, 0) is 24.7 Å². The molecule has 1 aromatic carbocycles. The van der Waals surface area contributed by atoms with Gasteiger partial charge in [0.05, 0.1) is 18.7 Å². The molecule has 0 aliphatic heterocycles. The summed E-state index contributed by atoms with van der Waals surface area (Å²) in [6.07, 6.45) is 6.45. The van der Waals surface area contributed by atoms with Gasteiger partial charge in [0.2, 0.25) is 0 Å². The Balaban J connectivity index is 1.69. The zero-order valence-corrected chi connectivity index (χ0v) is 17.8. The summed E-state index contributed by atoms with van der Waals surface area (Å²) < 4.78 is 29.1. The number of hydrogen-bond donors (Lipinski definition) is 1. The van der Waals surface area contributed by atoms with Crippen molar-refractivity contribution in [1.82, 2.24) is 27.7 Å². The molecular formula is C19H24N6O4S. The molecule has 0 aliphatic rings. The third-order valence-corrected chi connectivity index (χ3v) is 6.32. The second-order valence-corrected chi connectivity index (χ2v) is 9.09. The van der Waals surface area contributed by atoms with E-state index in [2.05, 4.69) is 9.97 Å². The number of nitrogens with zero attached hydrogens (tertiary/aromatic N) is 6. The van der Waals surface area contributed by atoms with Gasteiger partial charge in [-0.25, -0.2) is 18.7 Å². The first kappa shape index (κ1) is 21.7. The molecule has 0 aliphatic carbocycles. The van der Waals surface area contributed by atoms with E-state index in [9.17, 15) is 13.2 Å². The monoisotopic (exact) mass is 432 g/mol. The molecule has 160 valence electrons. The first-order valence-electron chi connectivity index (χ1n) is 9.14. The van der Waals surface area contributed by atoms with Crippen LogP contribution in [-0.4, -0.2) is 68.3 Å². The molecule has 0 saturated carbocycles. The SMILES string of the molecule is CN(Cc1nccn1Cc1ccc(C(=O)O)cc1)Cc1nccn1S(=O)(=O)N(C)C. The molecule has 30 heavy (non-hydrogen) atoms. The van der Waals surface area contributed by atoms with Crippen molar-refractivity contribution in [1.29, 1.82) is 0 Å². The molecule has 0 fully saturated rings. The van der Waals surface area contributed by atoms with Crippen LogP contribution in [0, 0.1) is 0 Å². The van der Waals surface area contributed by atoms with Gasteiger partial charge in [-0.2, -0.15) is 12.7 Å². The smallest absolute Gasteiger partial charge is 0.335 e. The molecule has 0 amide bonds. The topological polar surface area (TPSA) is 114 Å². The summed E-state index contributed by atoms with van der Waals surface area (Å²) in [6.45, 7) is 1.35. The van der Waals surface area contributed by atoms with Crippen molar-refractivity contribution in [2.45, 2.75) is 19.6 Å². The van der Waals surface area contributed by atoms with Gasteiger partial charge in [0, 0.05) is 45.4 Å². The Hall–Kier alpha value is -3.02. The highest BCUT2D eigenvalue weighted by molar-refractivity contribution is 7.87. The van der Waals surface area contributed by atoms with Gasteiger partial charge in [0.1, 0.15) is 11.6 Å². The normalized spacial score (nSPS) is 12.0. The van der Waals surface area contributed by atoms with E-state index in [1.807, 2.05) is 22.7 Å². The summed E-state index contributed by atoms with van der Waals surface area (Å²) >= 11 is 0. The lowest BCUT2D eigenvalue weighted by Crippen LogP contribution is -2.31. The van der Waals surface area contributed by atoms with Gasteiger partial charge in [-0.3, -0.25) is 4.90 Å². The van der Waals surface area contributed by atoms with Crippen LogP contribution in [0.3, 0.4) is 0 Å². The maximum absolute atomic E-state index is 12.4. The van der Waals surface area contributed by atoms with Crippen LogP contribution < -0.4 is 0 Å². The highest BCUT2D eigenvalue weighted by Crippen LogP contribution is 2.12. The van der Waals surface area contributed by atoms with Crippen molar-refractivity contribution >= 4 is 16.2 Å². The van der Waals surface area contributed by atoms with Crippen LogP contribution in [0.4, 0.5) is 0 Å². The Labute approximate surface area is 175 Å². The minimum Gasteiger partial charge on any atom is -0.478 e. The average Bonchev–Trinajstić information content (AvgIpc) is 3.32. The zero-order valence-electron chi connectivity index (χ0n) is 17.0. The van der Waals surface area contributed by atoms with Crippen molar-refractivity contribution in [2.75, 3.05) is 21.1 Å². The number of aromatic carboxylic acids is 1. The minimum absolute atomic E-state index is 0.243. The fourth-order valence-corrected chi connectivity index (χ4v) is 3.87. The summed E-state index contributed by atoms with van der Waals surface area (Å²) in [5, 5.41) is 9.01. The van der Waals surface area contributed by atoms with E-state index < -0.39 is 16.2 Å². The van der Waals surface area contributed by atoms with Crippen LogP contribution in [-0.2, 0) is 29.8 Å². The van der Waals surface area contributed by atoms with Crippen molar-refractivity contribution in [2.24, 2.45) is 0 Å². The van der Waals surface area contributed by atoms with Gasteiger partial charge in [0.15, 0.2) is 0 Å². The van der Waals surface area contributed by atoms with Crippen molar-refractivity contribution in [3.63, 3.8) is 0 Å². The largest absolute Gasteiger partial charge is 0.478 e. The Bertz CT molecular complexity index is 1120. The third kappa shape index (κ3) is 4.75. The fourth-order valence-electron chi connectivity index (χ4n) is 2.94. The van der Waals surface area contributed by atoms with E-state index in [0.717, 1.165) is 15.7 Å². The Morgan fingerprint density at radius 2 is 1.60 bits per heavy atom. The molecular weight excluding hydrogens is 408 g/mol. The molecule has 0 bridgehead atoms. The number of benzene rings is 1. The van der Waals surface area contributed by atoms with E-state index >= 15 is 0 Å². The Kier molecular flexibility index (Phi) is 6.34. The third-order valence-electron chi connectivity index (χ3n) is 4.57. The fraction of sp³-hybridized carbons (Fsp3) is 0.316. The molecule has 0 unspecified atom stereocenters. The average molecular weight is 433 g/mol. The van der Waals surface area contributed by atoms with Gasteiger partial charge in [-0.1, -0.05) is 12.1 Å². The van der Waals surface area contributed by atoms with Crippen LogP contribution >= 0.6 is 0 Å². The van der Waals surface area contributed by atoms with E-state index in [-0.39, 0.29) is 5.56 Å². The Morgan fingerprint density at radius 3 is 2.23 bits per heavy atom. The lowest BCUT2D eigenvalue weighted by molar-refractivity contribution is 0.0697. The molecule has 3 rings (SSSR count). The van der Waals surface area contributed by atoms with Gasteiger partial charge >= 0.3 is 16.2 Å². The number of carboxylic acids is 1. The number of aromatic nitrogens is 4. The van der Waals surface area contributed by atoms with Gasteiger partial charge in [-0.15, -0.1) is 0 Å². The number of imidazole rings is 2. The summed E-state index contributed by atoms with van der Waals surface area (Å²) in [5.74, 6) is 0.253. The molecule has 1 N–H and O–H groups in total. The molecule has 0 spiro atoms. The van der Waals surface area contributed by atoms with E-state index in [0.29, 0.717) is 25.5 Å². The minimum atomic E-state index is -3.63. The predicted molar refractivity (Wildman–Crippen MR) is 110 cm³/mol. The second kappa shape index (κ2) is 8.78. The van der Waals surface area contributed by atoms with E-state index in [1.165, 1.54) is 30.5 Å². The van der Waals surface area contributed by atoms with Crippen LogP contribution in [0.5, 0.6) is 0 Å². The number of carbonyl (C=O) groups is 1. The van der Waals surface area contributed by atoms with Crippen LogP contribution in [0.2, 0.25) is 0 Å². The molecule has 2 aromatic heterocycles. The lowest BCUT2D eigenvalue weighted by Gasteiger charge is -2.19. The first-order valence-corrected chi connectivity index (χ1v) is 10.5. The lowest BCUT2D eigenvalue weighted by atomic mass is 10.1. The van der Waals surface area contributed by atoms with Crippen molar-refractivity contribution < 1.29 is 18.3 Å². The quantitative estimate of drug-likeness (QED) is 0.539. The summed E-state index contributed by atoms with van der Waals surface area (Å²) in [6, 6.07) is 6.70. The second-order valence-electron chi connectivity index (χ2n) is 7.08. The first-order chi connectivity index (χ1) is 14.2. The van der Waals surface area contributed by atoms with E-state index in [4.69, 9.17) is 5.11 Å². The maximum Gasteiger partial charge on any atom is 0.335 e. The maximum atomic E-state index is 12.4. The Morgan fingerprint density at radius 1 is 1.00 bits per heavy atom. The highest BCUT2D eigenvalue weighted by Gasteiger charge is 2.21. The molecule has 0 radical (unpaired) electrons. The molecule has 0 atom stereocenters.